The van der Waals surface area contributed by atoms with Gasteiger partial charge in [-0.1, -0.05) is 144 Å². The minimum Gasteiger partial charge on any atom is -0.457 e. The molecule has 6 atom stereocenters. The third kappa shape index (κ3) is 30.3. The molecular formula is C48H81O12P. The number of aliphatic hydroxyl groups excluding tert-OH is 5. The van der Waals surface area contributed by atoms with Crippen molar-refractivity contribution < 1.29 is 58.3 Å². The fourth-order valence-electron chi connectivity index (χ4n) is 6.34. The summed E-state index contributed by atoms with van der Waals surface area (Å²) >= 11 is 0. The Hall–Kier alpha value is -2.48. The molecule has 0 aromatic rings. The normalized spacial score (nSPS) is 23.0. The van der Waals surface area contributed by atoms with E-state index in [-0.39, 0.29) is 13.0 Å². The molecule has 350 valence electrons. The third-order valence-corrected chi connectivity index (χ3v) is 11.0. The smallest absolute Gasteiger partial charge is 0.457 e. The summed E-state index contributed by atoms with van der Waals surface area (Å²) in [4.78, 5) is 23.2. The highest BCUT2D eigenvalue weighted by Crippen LogP contribution is 2.47. The number of phosphoric ester groups is 1. The van der Waals surface area contributed by atoms with Gasteiger partial charge < -0.3 is 39.9 Å². The lowest BCUT2D eigenvalue weighted by Gasteiger charge is -2.41. The van der Waals surface area contributed by atoms with E-state index in [0.717, 1.165) is 109 Å². The summed E-state index contributed by atoms with van der Waals surface area (Å²) in [5, 5.41) is 50.2. The summed E-state index contributed by atoms with van der Waals surface area (Å²) in [6.07, 6.45) is 37.9. The van der Waals surface area contributed by atoms with E-state index in [1.807, 2.05) is 0 Å². The lowest BCUT2D eigenvalue weighted by atomic mass is 9.85. The standard InChI is InChI=1S/C48H81O12P/c1-3-5-7-9-11-13-15-17-19-20-21-22-23-25-27-29-31-33-35-37-42(49)59-41(40-58-61(55,56)60-48-46(53)44(51)43(50)45(52)47(48)54)39-57-38-36-34-32-30-28-26-24-18-16-14-12-10-8-6-4-2/h5,7,10-13,16-19,21-22,25,27,41,43-48,50-54H,3-4,6,8-9,14-15,20,23-24,26,28-40H2,1-2H3,(H,55,56)/b7-5-,12-10-,13-11-,18-16-,19-17-,22-21-,27-25-. The van der Waals surface area contributed by atoms with Gasteiger partial charge in [-0.05, 0) is 83.5 Å². The minimum atomic E-state index is -5.04. The molecule has 1 saturated carbocycles. The SMILES string of the molecule is CC/C=C\C/C=C\C/C=C\C/C=C\C/C=C\CCCCCC(=O)OC(COCCCCCCCC/C=C\C/C=C\CCCC)COP(=O)(O)OC1C(O)C(O)C(O)C(O)C1O. The Morgan fingerprint density at radius 1 is 0.541 bits per heavy atom. The number of ether oxygens (including phenoxy) is 2. The highest BCUT2D eigenvalue weighted by atomic mass is 31.2. The molecule has 1 rings (SSSR count). The van der Waals surface area contributed by atoms with Gasteiger partial charge in [0.1, 0.15) is 42.7 Å². The number of unbranched alkanes of at least 4 members (excludes halogenated alkanes) is 11. The van der Waals surface area contributed by atoms with Crippen molar-refractivity contribution in [3.8, 4) is 0 Å². The zero-order chi connectivity index (χ0) is 44.8. The van der Waals surface area contributed by atoms with Crippen molar-refractivity contribution in [1.29, 1.82) is 0 Å². The van der Waals surface area contributed by atoms with Crippen LogP contribution in [-0.4, -0.2) is 98.9 Å². The van der Waals surface area contributed by atoms with E-state index < -0.39 is 63.1 Å². The van der Waals surface area contributed by atoms with Gasteiger partial charge in [0.2, 0.25) is 0 Å². The first-order chi connectivity index (χ1) is 29.5. The topological polar surface area (TPSA) is 192 Å². The van der Waals surface area contributed by atoms with Crippen LogP contribution in [0.1, 0.15) is 149 Å². The Morgan fingerprint density at radius 2 is 0.967 bits per heavy atom. The maximum Gasteiger partial charge on any atom is 0.472 e. The van der Waals surface area contributed by atoms with Gasteiger partial charge in [0.25, 0.3) is 0 Å². The lowest BCUT2D eigenvalue weighted by Crippen LogP contribution is -2.64. The molecule has 0 amide bonds. The Morgan fingerprint density at radius 3 is 1.48 bits per heavy atom. The maximum atomic E-state index is 12.8. The fraction of sp³-hybridized carbons (Fsp3) is 0.688. The van der Waals surface area contributed by atoms with E-state index in [4.69, 9.17) is 18.5 Å². The van der Waals surface area contributed by atoms with Gasteiger partial charge in [-0.25, -0.2) is 4.57 Å². The number of allylic oxidation sites excluding steroid dienone is 14. The molecule has 0 bridgehead atoms. The zero-order valence-corrected chi connectivity index (χ0v) is 38.1. The summed E-state index contributed by atoms with van der Waals surface area (Å²) in [7, 11) is -5.04. The van der Waals surface area contributed by atoms with E-state index in [9.17, 15) is 39.8 Å². The highest BCUT2D eigenvalue weighted by Gasteiger charge is 2.51. The molecule has 0 radical (unpaired) electrons. The fourth-order valence-corrected chi connectivity index (χ4v) is 7.31. The quantitative estimate of drug-likeness (QED) is 0.0150. The molecule has 6 unspecified atom stereocenters. The summed E-state index contributed by atoms with van der Waals surface area (Å²) < 4.78 is 34.1. The van der Waals surface area contributed by atoms with Crippen LogP contribution in [0.5, 0.6) is 0 Å². The molecule has 0 spiro atoms. The number of hydrogen-bond donors (Lipinski definition) is 6. The van der Waals surface area contributed by atoms with Crippen molar-refractivity contribution in [3.63, 3.8) is 0 Å². The van der Waals surface area contributed by atoms with Gasteiger partial charge in [0, 0.05) is 13.0 Å². The number of phosphoric acid groups is 1. The second-order valence-corrected chi connectivity index (χ2v) is 16.9. The van der Waals surface area contributed by atoms with Crippen molar-refractivity contribution in [2.45, 2.75) is 191 Å². The maximum absolute atomic E-state index is 12.8. The summed E-state index contributed by atoms with van der Waals surface area (Å²) in [6, 6.07) is 0. The van der Waals surface area contributed by atoms with Crippen LogP contribution in [0.3, 0.4) is 0 Å². The van der Waals surface area contributed by atoms with E-state index >= 15 is 0 Å². The van der Waals surface area contributed by atoms with Crippen LogP contribution in [0.2, 0.25) is 0 Å². The van der Waals surface area contributed by atoms with Crippen LogP contribution < -0.4 is 0 Å². The van der Waals surface area contributed by atoms with Crippen LogP contribution >= 0.6 is 7.82 Å². The average molecular weight is 881 g/mol. The molecule has 1 fully saturated rings. The molecule has 0 heterocycles. The summed E-state index contributed by atoms with van der Waals surface area (Å²) in [5.74, 6) is -0.516. The predicted molar refractivity (Wildman–Crippen MR) is 244 cm³/mol. The number of carbonyl (C=O) groups excluding carboxylic acids is 1. The molecule has 0 aromatic heterocycles. The van der Waals surface area contributed by atoms with Gasteiger partial charge in [-0.15, -0.1) is 0 Å². The Bertz CT molecular complexity index is 1330. The first-order valence-corrected chi connectivity index (χ1v) is 24.4. The third-order valence-electron chi connectivity index (χ3n) is 10.0. The largest absolute Gasteiger partial charge is 0.472 e. The average Bonchev–Trinajstić information content (AvgIpc) is 3.24. The van der Waals surface area contributed by atoms with E-state index in [0.29, 0.717) is 13.0 Å². The molecular weight excluding hydrogens is 799 g/mol. The van der Waals surface area contributed by atoms with Crippen LogP contribution in [0.25, 0.3) is 0 Å². The minimum absolute atomic E-state index is 0.103. The molecule has 1 aliphatic rings. The molecule has 0 aromatic carbocycles. The molecule has 6 N–H and O–H groups in total. The highest BCUT2D eigenvalue weighted by molar-refractivity contribution is 7.47. The van der Waals surface area contributed by atoms with Crippen molar-refractivity contribution in [2.75, 3.05) is 19.8 Å². The number of aliphatic hydroxyl groups is 5. The van der Waals surface area contributed by atoms with Crippen LogP contribution in [-0.2, 0) is 27.9 Å². The van der Waals surface area contributed by atoms with Crippen molar-refractivity contribution in [3.05, 3.63) is 85.1 Å². The first kappa shape index (κ1) is 56.5. The monoisotopic (exact) mass is 881 g/mol. The summed E-state index contributed by atoms with van der Waals surface area (Å²) in [6.45, 7) is 4.02. The molecule has 12 nitrogen and oxygen atoms in total. The van der Waals surface area contributed by atoms with Crippen molar-refractivity contribution in [1.82, 2.24) is 0 Å². The zero-order valence-electron chi connectivity index (χ0n) is 37.2. The lowest BCUT2D eigenvalue weighted by molar-refractivity contribution is -0.220. The molecule has 61 heavy (non-hydrogen) atoms. The van der Waals surface area contributed by atoms with Crippen LogP contribution in [0, 0.1) is 0 Å². The molecule has 13 heteroatoms. The Balaban J connectivity index is 2.45. The number of rotatable bonds is 37. The Kier molecular flexibility index (Phi) is 35.2. The van der Waals surface area contributed by atoms with E-state index in [1.165, 1.54) is 12.8 Å². The van der Waals surface area contributed by atoms with Crippen LogP contribution in [0.15, 0.2) is 85.1 Å². The second kappa shape index (κ2) is 38.0. The molecule has 1 aliphatic carbocycles. The van der Waals surface area contributed by atoms with Crippen molar-refractivity contribution >= 4 is 13.8 Å². The number of hydrogen-bond acceptors (Lipinski definition) is 11. The molecule has 0 aliphatic heterocycles. The summed E-state index contributed by atoms with van der Waals surface area (Å²) in [5.41, 5.74) is 0. The number of esters is 1. The van der Waals surface area contributed by atoms with Crippen LogP contribution in [0.4, 0.5) is 0 Å². The van der Waals surface area contributed by atoms with E-state index in [1.54, 1.807) is 0 Å². The second-order valence-electron chi connectivity index (χ2n) is 15.5. The van der Waals surface area contributed by atoms with Gasteiger partial charge in [0.15, 0.2) is 0 Å². The van der Waals surface area contributed by atoms with Gasteiger partial charge >= 0.3 is 13.8 Å². The van der Waals surface area contributed by atoms with Gasteiger partial charge in [-0.2, -0.15) is 0 Å². The van der Waals surface area contributed by atoms with Gasteiger partial charge in [-0.3, -0.25) is 13.8 Å². The van der Waals surface area contributed by atoms with Crippen molar-refractivity contribution in [2.24, 2.45) is 0 Å². The van der Waals surface area contributed by atoms with Gasteiger partial charge in [0.05, 0.1) is 13.2 Å². The Labute approximate surface area is 367 Å². The number of carbonyl (C=O) groups is 1. The predicted octanol–water partition coefficient (Wildman–Crippen LogP) is 9.36. The molecule has 0 saturated heterocycles. The van der Waals surface area contributed by atoms with E-state index in [2.05, 4.69) is 98.9 Å². The first-order valence-electron chi connectivity index (χ1n) is 22.9.